The summed E-state index contributed by atoms with van der Waals surface area (Å²) in [7, 11) is 1.62. The fourth-order valence-corrected chi connectivity index (χ4v) is 2.83. The summed E-state index contributed by atoms with van der Waals surface area (Å²) in [5, 5.41) is 8.23. The normalized spacial score (nSPS) is 10.5. The van der Waals surface area contributed by atoms with Gasteiger partial charge in [0.1, 0.15) is 19.3 Å². The molecule has 1 N–H and O–H groups in total. The third kappa shape index (κ3) is 4.43. The summed E-state index contributed by atoms with van der Waals surface area (Å²) in [6.45, 7) is 0.912. The van der Waals surface area contributed by atoms with Gasteiger partial charge in [-0.15, -0.1) is 10.2 Å². The van der Waals surface area contributed by atoms with Crippen molar-refractivity contribution in [2.24, 2.45) is 0 Å². The van der Waals surface area contributed by atoms with E-state index in [1.165, 1.54) is 0 Å². The number of nitrogens with zero attached hydrogens (tertiary/aromatic N) is 3. The van der Waals surface area contributed by atoms with Crippen LogP contribution in [0.2, 0.25) is 5.02 Å². The first-order valence-corrected chi connectivity index (χ1v) is 8.65. The molecule has 25 heavy (non-hydrogen) atoms. The average molecular weight is 424 g/mol. The Labute approximate surface area is 158 Å². The Morgan fingerprint density at radius 2 is 1.84 bits per heavy atom. The van der Waals surface area contributed by atoms with Crippen molar-refractivity contribution in [1.29, 1.82) is 0 Å². The smallest absolute Gasteiger partial charge is 0.167 e. The summed E-state index contributed by atoms with van der Waals surface area (Å²) in [5.41, 5.74) is 5.14. The van der Waals surface area contributed by atoms with E-state index in [1.54, 1.807) is 24.4 Å². The van der Waals surface area contributed by atoms with Crippen molar-refractivity contribution in [2.75, 3.05) is 12.5 Å². The molecule has 0 saturated carbocycles. The van der Waals surface area contributed by atoms with Gasteiger partial charge in [0.05, 0.1) is 13.7 Å². The van der Waals surface area contributed by atoms with Gasteiger partial charge in [0.15, 0.2) is 11.5 Å². The van der Waals surface area contributed by atoms with Crippen LogP contribution >= 0.6 is 27.5 Å². The number of aromatic nitrogens is 3. The van der Waals surface area contributed by atoms with E-state index in [-0.39, 0.29) is 0 Å². The number of benzene rings is 2. The molecule has 0 amide bonds. The lowest BCUT2D eigenvalue weighted by Gasteiger charge is -2.17. The quantitative estimate of drug-likeness (QED) is 0.622. The molecule has 0 spiro atoms. The van der Waals surface area contributed by atoms with Gasteiger partial charge in [0.25, 0.3) is 0 Å². The first kappa shape index (κ1) is 17.6. The highest BCUT2D eigenvalue weighted by Crippen LogP contribution is 2.37. The van der Waals surface area contributed by atoms with Crippen LogP contribution in [0.3, 0.4) is 0 Å². The first-order valence-electron chi connectivity index (χ1n) is 7.48. The SMILES string of the molecule is COc1ccc(Br)c(CNn2cnnc2)c1OCc1ccc(Cl)cc1. The molecule has 6 nitrogen and oxygen atoms in total. The lowest BCUT2D eigenvalue weighted by molar-refractivity contribution is 0.281. The second kappa shape index (κ2) is 8.22. The molecule has 2 aromatic carbocycles. The number of ether oxygens (including phenoxy) is 2. The van der Waals surface area contributed by atoms with Crippen molar-refractivity contribution in [3.63, 3.8) is 0 Å². The van der Waals surface area contributed by atoms with Crippen molar-refractivity contribution in [3.8, 4) is 11.5 Å². The summed E-state index contributed by atoms with van der Waals surface area (Å²) in [6, 6.07) is 11.3. The summed E-state index contributed by atoms with van der Waals surface area (Å²) in [5.74, 6) is 1.34. The number of rotatable bonds is 7. The van der Waals surface area contributed by atoms with Gasteiger partial charge in [0, 0.05) is 15.1 Å². The van der Waals surface area contributed by atoms with Crippen LogP contribution in [0.15, 0.2) is 53.5 Å². The minimum atomic E-state index is 0.406. The molecule has 0 aliphatic heterocycles. The van der Waals surface area contributed by atoms with Crippen LogP contribution in [0, 0.1) is 0 Å². The van der Waals surface area contributed by atoms with Gasteiger partial charge < -0.3 is 14.9 Å². The molecule has 0 fully saturated rings. The van der Waals surface area contributed by atoms with E-state index in [0.29, 0.717) is 29.7 Å². The summed E-state index contributed by atoms with van der Waals surface area (Å²) in [6.07, 6.45) is 3.17. The van der Waals surface area contributed by atoms with Crippen LogP contribution in [0.1, 0.15) is 11.1 Å². The zero-order chi connectivity index (χ0) is 17.6. The van der Waals surface area contributed by atoms with Gasteiger partial charge in [-0.3, -0.25) is 0 Å². The zero-order valence-electron chi connectivity index (χ0n) is 13.4. The van der Waals surface area contributed by atoms with Crippen LogP contribution in [0.25, 0.3) is 0 Å². The number of methoxy groups -OCH3 is 1. The zero-order valence-corrected chi connectivity index (χ0v) is 15.8. The second-order valence-electron chi connectivity index (χ2n) is 5.18. The molecule has 3 rings (SSSR count). The first-order chi connectivity index (χ1) is 12.2. The fourth-order valence-electron chi connectivity index (χ4n) is 2.25. The van der Waals surface area contributed by atoms with Crippen LogP contribution in [0.5, 0.6) is 11.5 Å². The molecule has 0 radical (unpaired) electrons. The number of nitrogens with one attached hydrogen (secondary N) is 1. The van der Waals surface area contributed by atoms with E-state index in [0.717, 1.165) is 15.6 Å². The summed E-state index contributed by atoms with van der Waals surface area (Å²) >= 11 is 9.50. The topological polar surface area (TPSA) is 61.2 Å². The van der Waals surface area contributed by atoms with Gasteiger partial charge >= 0.3 is 0 Å². The van der Waals surface area contributed by atoms with Gasteiger partial charge in [-0.2, -0.15) is 0 Å². The van der Waals surface area contributed by atoms with Gasteiger partial charge in [-0.05, 0) is 29.8 Å². The van der Waals surface area contributed by atoms with Gasteiger partial charge in [-0.1, -0.05) is 39.7 Å². The average Bonchev–Trinajstić information content (AvgIpc) is 3.14. The molecule has 0 atom stereocenters. The highest BCUT2D eigenvalue weighted by molar-refractivity contribution is 9.10. The molecule has 0 unspecified atom stereocenters. The molecule has 0 saturated heterocycles. The van der Waals surface area contributed by atoms with Crippen LogP contribution in [-0.2, 0) is 13.2 Å². The van der Waals surface area contributed by atoms with E-state index in [9.17, 15) is 0 Å². The molecule has 1 aromatic heterocycles. The molecular formula is C17H16BrClN4O2. The van der Waals surface area contributed by atoms with Crippen LogP contribution in [0.4, 0.5) is 0 Å². The molecule has 1 heterocycles. The third-order valence-corrected chi connectivity index (χ3v) is 4.54. The van der Waals surface area contributed by atoms with E-state index in [4.69, 9.17) is 21.1 Å². The predicted octanol–water partition coefficient (Wildman–Crippen LogP) is 4.03. The van der Waals surface area contributed by atoms with Crippen LogP contribution in [-0.4, -0.2) is 22.0 Å². The van der Waals surface area contributed by atoms with Crippen molar-refractivity contribution >= 4 is 27.5 Å². The maximum atomic E-state index is 6.06. The van der Waals surface area contributed by atoms with E-state index < -0.39 is 0 Å². The molecule has 3 aromatic rings. The number of hydrogen-bond acceptors (Lipinski definition) is 5. The Bertz CT molecular complexity index is 825. The van der Waals surface area contributed by atoms with Crippen molar-refractivity contribution in [2.45, 2.75) is 13.2 Å². The Hall–Kier alpha value is -2.25. The molecule has 0 aliphatic rings. The molecule has 0 bridgehead atoms. The fraction of sp³-hybridized carbons (Fsp3) is 0.176. The van der Waals surface area contributed by atoms with Crippen molar-refractivity contribution in [3.05, 3.63) is 69.7 Å². The van der Waals surface area contributed by atoms with E-state index in [1.807, 2.05) is 36.4 Å². The van der Waals surface area contributed by atoms with E-state index in [2.05, 4.69) is 31.6 Å². The molecule has 0 aliphatic carbocycles. The Balaban J connectivity index is 1.81. The van der Waals surface area contributed by atoms with Gasteiger partial charge in [0.2, 0.25) is 0 Å². The lowest BCUT2D eigenvalue weighted by atomic mass is 10.2. The number of halogens is 2. The van der Waals surface area contributed by atoms with Crippen LogP contribution < -0.4 is 14.9 Å². The Kier molecular flexibility index (Phi) is 5.78. The summed E-state index contributed by atoms with van der Waals surface area (Å²) < 4.78 is 14.1. The predicted molar refractivity (Wildman–Crippen MR) is 99.6 cm³/mol. The largest absolute Gasteiger partial charge is 0.493 e. The molecular weight excluding hydrogens is 408 g/mol. The monoisotopic (exact) mass is 422 g/mol. The molecule has 130 valence electrons. The minimum Gasteiger partial charge on any atom is -0.493 e. The van der Waals surface area contributed by atoms with Gasteiger partial charge in [-0.25, -0.2) is 4.68 Å². The molecule has 8 heteroatoms. The Morgan fingerprint density at radius 1 is 1.12 bits per heavy atom. The number of hydrogen-bond donors (Lipinski definition) is 1. The third-order valence-electron chi connectivity index (χ3n) is 3.54. The maximum Gasteiger partial charge on any atom is 0.167 e. The second-order valence-corrected chi connectivity index (χ2v) is 6.47. The summed E-state index contributed by atoms with van der Waals surface area (Å²) in [4.78, 5) is 0. The Morgan fingerprint density at radius 3 is 2.52 bits per heavy atom. The maximum absolute atomic E-state index is 6.06. The van der Waals surface area contributed by atoms with Crippen molar-refractivity contribution < 1.29 is 9.47 Å². The lowest BCUT2D eigenvalue weighted by Crippen LogP contribution is -2.14. The minimum absolute atomic E-state index is 0.406. The highest BCUT2D eigenvalue weighted by atomic mass is 79.9. The van der Waals surface area contributed by atoms with Crippen molar-refractivity contribution in [1.82, 2.24) is 14.9 Å². The standard InChI is InChI=1S/C17H16BrClN4O2/c1-24-16-7-6-15(18)14(8-22-23-10-20-21-11-23)17(16)25-9-12-2-4-13(19)5-3-12/h2-7,10-11,22H,8-9H2,1H3. The highest BCUT2D eigenvalue weighted by Gasteiger charge is 2.15. The van der Waals surface area contributed by atoms with E-state index >= 15 is 0 Å².